The van der Waals surface area contributed by atoms with Crippen LogP contribution < -0.4 is 0 Å². The number of ether oxygens (including phenoxy) is 1. The van der Waals surface area contributed by atoms with Gasteiger partial charge in [-0.2, -0.15) is 5.10 Å². The highest BCUT2D eigenvalue weighted by Crippen LogP contribution is 2.29. The number of aromatic nitrogens is 3. The molecule has 0 aliphatic carbocycles. The quantitative estimate of drug-likeness (QED) is 0.627. The smallest absolute Gasteiger partial charge is 0.410 e. The maximum Gasteiger partial charge on any atom is 0.410 e. The standard InChI is InChI=1S/C23H28N4O2/c1-16-7-5-8-17(13-16)19-14-21-24-11-10-20(27(21)25-19)18-9-6-12-26(15-18)22(28)29-23(2,3)4/h5,7-8,10-11,13-14,18H,6,9,12,15H2,1-4H3/t18-/m0/s1. The molecule has 3 aromatic rings. The number of piperidine rings is 1. The third-order valence-corrected chi connectivity index (χ3v) is 5.19. The molecule has 0 radical (unpaired) electrons. The molecule has 6 heteroatoms. The average Bonchev–Trinajstić information content (AvgIpc) is 3.11. The van der Waals surface area contributed by atoms with Crippen LogP contribution in [-0.2, 0) is 4.74 Å². The van der Waals surface area contributed by atoms with Crippen LogP contribution in [0.15, 0.2) is 42.6 Å². The second-order valence-electron chi connectivity index (χ2n) is 8.80. The van der Waals surface area contributed by atoms with Crippen molar-refractivity contribution in [1.29, 1.82) is 0 Å². The van der Waals surface area contributed by atoms with E-state index < -0.39 is 5.60 Å². The summed E-state index contributed by atoms with van der Waals surface area (Å²) in [4.78, 5) is 18.9. The fraction of sp³-hybridized carbons (Fsp3) is 0.435. The van der Waals surface area contributed by atoms with E-state index in [0.29, 0.717) is 6.54 Å². The van der Waals surface area contributed by atoms with Crippen molar-refractivity contribution in [3.05, 3.63) is 53.9 Å². The minimum absolute atomic E-state index is 0.201. The summed E-state index contributed by atoms with van der Waals surface area (Å²) in [6.45, 7) is 9.14. The molecule has 1 saturated heterocycles. The first-order valence-electron chi connectivity index (χ1n) is 10.2. The molecule has 2 aromatic heterocycles. The maximum atomic E-state index is 12.5. The summed E-state index contributed by atoms with van der Waals surface area (Å²) in [5, 5.41) is 4.85. The lowest BCUT2D eigenvalue weighted by Crippen LogP contribution is -2.42. The summed E-state index contributed by atoms with van der Waals surface area (Å²) in [7, 11) is 0. The first kappa shape index (κ1) is 19.4. The molecule has 1 aliphatic heterocycles. The first-order chi connectivity index (χ1) is 13.8. The van der Waals surface area contributed by atoms with Gasteiger partial charge in [0, 0.05) is 36.8 Å². The average molecular weight is 393 g/mol. The van der Waals surface area contributed by atoms with E-state index in [1.807, 2.05) is 54.6 Å². The molecule has 0 unspecified atom stereocenters. The van der Waals surface area contributed by atoms with Crippen LogP contribution in [0.1, 0.15) is 50.8 Å². The molecule has 1 fully saturated rings. The molecule has 1 atom stereocenters. The third-order valence-electron chi connectivity index (χ3n) is 5.19. The molecule has 0 bridgehead atoms. The topological polar surface area (TPSA) is 59.7 Å². The Morgan fingerprint density at radius 2 is 2.03 bits per heavy atom. The van der Waals surface area contributed by atoms with Crippen LogP contribution in [0.2, 0.25) is 0 Å². The number of hydrogen-bond acceptors (Lipinski definition) is 4. The summed E-state index contributed by atoms with van der Waals surface area (Å²) >= 11 is 0. The predicted molar refractivity (Wildman–Crippen MR) is 113 cm³/mol. The zero-order valence-electron chi connectivity index (χ0n) is 17.6. The summed E-state index contributed by atoms with van der Waals surface area (Å²) in [6, 6.07) is 12.4. The van der Waals surface area contributed by atoms with Crippen LogP contribution in [0.3, 0.4) is 0 Å². The van der Waals surface area contributed by atoms with Crippen molar-refractivity contribution in [2.24, 2.45) is 0 Å². The van der Waals surface area contributed by atoms with Gasteiger partial charge in [-0.05, 0) is 52.7 Å². The number of carbonyl (C=O) groups excluding carboxylic acids is 1. The molecule has 1 aliphatic rings. The van der Waals surface area contributed by atoms with Crippen molar-refractivity contribution in [2.45, 2.75) is 52.1 Å². The largest absolute Gasteiger partial charge is 0.444 e. The van der Waals surface area contributed by atoms with E-state index >= 15 is 0 Å². The Labute approximate surface area is 171 Å². The molecular formula is C23H28N4O2. The fourth-order valence-corrected chi connectivity index (χ4v) is 3.88. The Bertz CT molecular complexity index is 1030. The Hall–Kier alpha value is -2.89. The summed E-state index contributed by atoms with van der Waals surface area (Å²) in [5.74, 6) is 0.201. The molecule has 29 heavy (non-hydrogen) atoms. The van der Waals surface area contributed by atoms with Crippen molar-refractivity contribution in [2.75, 3.05) is 13.1 Å². The van der Waals surface area contributed by atoms with Gasteiger partial charge in [-0.15, -0.1) is 0 Å². The van der Waals surface area contributed by atoms with Crippen molar-refractivity contribution in [3.8, 4) is 11.3 Å². The zero-order valence-corrected chi connectivity index (χ0v) is 17.6. The molecule has 0 spiro atoms. The van der Waals surface area contributed by atoms with Gasteiger partial charge >= 0.3 is 6.09 Å². The Morgan fingerprint density at radius 1 is 1.21 bits per heavy atom. The maximum absolute atomic E-state index is 12.5. The van der Waals surface area contributed by atoms with Crippen molar-refractivity contribution < 1.29 is 9.53 Å². The molecule has 0 saturated carbocycles. The molecule has 1 amide bonds. The van der Waals surface area contributed by atoms with Gasteiger partial charge in [0.25, 0.3) is 0 Å². The van der Waals surface area contributed by atoms with Crippen LogP contribution in [0, 0.1) is 6.92 Å². The van der Waals surface area contributed by atoms with Gasteiger partial charge in [-0.1, -0.05) is 23.8 Å². The van der Waals surface area contributed by atoms with E-state index in [2.05, 4.69) is 30.1 Å². The number of likely N-dealkylation sites (tertiary alicyclic amines) is 1. The Kier molecular flexibility index (Phi) is 5.03. The van der Waals surface area contributed by atoms with Gasteiger partial charge < -0.3 is 9.64 Å². The van der Waals surface area contributed by atoms with E-state index in [4.69, 9.17) is 9.84 Å². The van der Waals surface area contributed by atoms with E-state index in [1.165, 1.54) is 5.56 Å². The molecule has 0 N–H and O–H groups in total. The minimum Gasteiger partial charge on any atom is -0.444 e. The normalized spacial score (nSPS) is 17.5. The lowest BCUT2D eigenvalue weighted by Gasteiger charge is -2.34. The lowest BCUT2D eigenvalue weighted by molar-refractivity contribution is 0.0196. The highest BCUT2D eigenvalue weighted by atomic mass is 16.6. The van der Waals surface area contributed by atoms with Crippen molar-refractivity contribution in [3.63, 3.8) is 0 Å². The first-order valence-corrected chi connectivity index (χ1v) is 10.2. The zero-order chi connectivity index (χ0) is 20.6. The molecule has 6 nitrogen and oxygen atoms in total. The molecule has 4 rings (SSSR count). The predicted octanol–water partition coefficient (Wildman–Crippen LogP) is 4.82. The summed E-state index contributed by atoms with van der Waals surface area (Å²) < 4.78 is 7.51. The van der Waals surface area contributed by atoms with Crippen LogP contribution in [-0.4, -0.2) is 44.3 Å². The van der Waals surface area contributed by atoms with Gasteiger partial charge in [0.15, 0.2) is 5.65 Å². The second kappa shape index (κ2) is 7.50. The van der Waals surface area contributed by atoms with Gasteiger partial charge in [0.05, 0.1) is 11.4 Å². The minimum atomic E-state index is -0.487. The van der Waals surface area contributed by atoms with E-state index in [-0.39, 0.29) is 12.0 Å². The molecule has 1 aromatic carbocycles. The summed E-state index contributed by atoms with van der Waals surface area (Å²) in [6.07, 6.45) is 3.55. The Balaban J connectivity index is 1.63. The molecule has 152 valence electrons. The van der Waals surface area contributed by atoms with Crippen LogP contribution in [0.5, 0.6) is 0 Å². The van der Waals surface area contributed by atoms with Gasteiger partial charge in [-0.25, -0.2) is 14.3 Å². The number of aryl methyl sites for hydroxylation is 1. The number of carbonyl (C=O) groups is 1. The van der Waals surface area contributed by atoms with Crippen LogP contribution >= 0.6 is 0 Å². The fourth-order valence-electron chi connectivity index (χ4n) is 3.88. The number of nitrogens with zero attached hydrogens (tertiary/aromatic N) is 4. The monoisotopic (exact) mass is 392 g/mol. The SMILES string of the molecule is Cc1cccc(-c2cc3nccc([C@H]4CCCN(C(=O)OC(C)(C)C)C4)n3n2)c1. The van der Waals surface area contributed by atoms with Crippen molar-refractivity contribution >= 4 is 11.7 Å². The van der Waals surface area contributed by atoms with E-state index in [9.17, 15) is 4.79 Å². The number of benzene rings is 1. The highest BCUT2D eigenvalue weighted by Gasteiger charge is 2.29. The number of hydrogen-bond donors (Lipinski definition) is 0. The number of amides is 1. The van der Waals surface area contributed by atoms with Gasteiger partial charge in [-0.3, -0.25) is 0 Å². The lowest BCUT2D eigenvalue weighted by atomic mass is 9.95. The highest BCUT2D eigenvalue weighted by molar-refractivity contribution is 5.68. The Morgan fingerprint density at radius 3 is 2.79 bits per heavy atom. The van der Waals surface area contributed by atoms with E-state index in [1.54, 1.807) is 0 Å². The van der Waals surface area contributed by atoms with Crippen LogP contribution in [0.25, 0.3) is 16.9 Å². The third kappa shape index (κ3) is 4.26. The van der Waals surface area contributed by atoms with Gasteiger partial charge in [0.2, 0.25) is 0 Å². The molecular weight excluding hydrogens is 364 g/mol. The number of rotatable bonds is 2. The van der Waals surface area contributed by atoms with Gasteiger partial charge in [0.1, 0.15) is 5.60 Å². The number of fused-ring (bicyclic) bond motifs is 1. The van der Waals surface area contributed by atoms with E-state index in [0.717, 1.165) is 42.0 Å². The second-order valence-corrected chi connectivity index (χ2v) is 8.80. The summed E-state index contributed by atoms with van der Waals surface area (Å²) in [5.41, 5.74) is 4.62. The molecule has 3 heterocycles. The van der Waals surface area contributed by atoms with Crippen LogP contribution in [0.4, 0.5) is 4.79 Å². The van der Waals surface area contributed by atoms with Crippen molar-refractivity contribution in [1.82, 2.24) is 19.5 Å².